The fourth-order valence-electron chi connectivity index (χ4n) is 2.23. The van der Waals surface area contributed by atoms with Crippen LogP contribution < -0.4 is 0 Å². The van der Waals surface area contributed by atoms with Gasteiger partial charge in [-0.1, -0.05) is 30.8 Å². The lowest BCUT2D eigenvalue weighted by atomic mass is 9.92. The number of rotatable bonds is 4. The lowest BCUT2D eigenvalue weighted by Gasteiger charge is -2.28. The van der Waals surface area contributed by atoms with Crippen molar-refractivity contribution >= 4 is 21.1 Å². The first-order chi connectivity index (χ1) is 9.06. The quantitative estimate of drug-likeness (QED) is 0.589. The highest BCUT2D eigenvalue weighted by Crippen LogP contribution is 2.40. The average molecular weight is 297 g/mol. The molecule has 2 rings (SSSR count). The summed E-state index contributed by atoms with van der Waals surface area (Å²) in [6.45, 7) is 2.17. The summed E-state index contributed by atoms with van der Waals surface area (Å²) in [6, 6.07) is 13.3. The van der Waals surface area contributed by atoms with E-state index in [1.807, 2.05) is 0 Å². The molecule has 0 fully saturated rings. The molecular formula is C15H15ClF2Si. The van der Waals surface area contributed by atoms with Gasteiger partial charge in [0.25, 0.3) is 0 Å². The Morgan fingerprint density at radius 2 is 1.26 bits per heavy atom. The molecule has 0 atom stereocenters. The van der Waals surface area contributed by atoms with Crippen molar-refractivity contribution in [2.75, 3.05) is 0 Å². The normalized spacial score (nSPS) is 12.2. The highest BCUT2D eigenvalue weighted by Gasteiger charge is 2.30. The highest BCUT2D eigenvalue weighted by atomic mass is 35.5. The first-order valence-electron chi connectivity index (χ1n) is 6.27. The molecule has 0 spiro atoms. The Labute approximate surface area is 119 Å². The standard InChI is InChI=1S/C15H15ClF2Si/c1-19-10-15(16,11-2-6-13(17)7-3-11)12-4-8-14(18)9-5-12/h2-9H,10,19H2,1H3. The number of hydrogen-bond acceptors (Lipinski definition) is 0. The number of hydrogen-bond donors (Lipinski definition) is 0. The first kappa shape index (κ1) is 14.2. The summed E-state index contributed by atoms with van der Waals surface area (Å²) in [5.41, 5.74) is 1.72. The molecule has 2 aromatic rings. The van der Waals surface area contributed by atoms with E-state index in [0.717, 1.165) is 17.2 Å². The second kappa shape index (κ2) is 5.84. The SMILES string of the molecule is C[SiH2]CC(Cl)(c1ccc(F)cc1)c1ccc(F)cc1. The Bertz CT molecular complexity index is 492. The zero-order valence-corrected chi connectivity index (χ0v) is 12.8. The van der Waals surface area contributed by atoms with Gasteiger partial charge in [0.2, 0.25) is 0 Å². The molecule has 0 bridgehead atoms. The first-order valence-corrected chi connectivity index (χ1v) is 9.06. The zero-order chi connectivity index (χ0) is 13.9. The second-order valence-corrected chi connectivity index (χ2v) is 6.71. The highest BCUT2D eigenvalue weighted by molar-refractivity contribution is 6.39. The van der Waals surface area contributed by atoms with Gasteiger partial charge < -0.3 is 0 Å². The van der Waals surface area contributed by atoms with Crippen molar-refractivity contribution < 1.29 is 8.78 Å². The molecule has 0 aliphatic carbocycles. The van der Waals surface area contributed by atoms with Gasteiger partial charge in [0, 0.05) is 9.52 Å². The van der Waals surface area contributed by atoms with Gasteiger partial charge in [-0.15, -0.1) is 11.6 Å². The van der Waals surface area contributed by atoms with Crippen molar-refractivity contribution in [2.24, 2.45) is 0 Å². The number of benzene rings is 2. The number of halogens is 3. The van der Waals surface area contributed by atoms with Gasteiger partial charge in [-0.3, -0.25) is 0 Å². The predicted octanol–water partition coefficient (Wildman–Crippen LogP) is 4.08. The largest absolute Gasteiger partial charge is 0.207 e. The molecule has 0 heterocycles. The zero-order valence-electron chi connectivity index (χ0n) is 10.7. The van der Waals surface area contributed by atoms with Crippen molar-refractivity contribution in [3.63, 3.8) is 0 Å². The summed E-state index contributed by atoms with van der Waals surface area (Å²) in [4.78, 5) is -0.678. The van der Waals surface area contributed by atoms with Crippen LogP contribution in [0, 0.1) is 11.6 Å². The van der Waals surface area contributed by atoms with E-state index in [1.54, 1.807) is 24.3 Å². The lowest BCUT2D eigenvalue weighted by molar-refractivity contribution is 0.624. The van der Waals surface area contributed by atoms with Crippen molar-refractivity contribution in [3.8, 4) is 0 Å². The van der Waals surface area contributed by atoms with Crippen molar-refractivity contribution in [2.45, 2.75) is 17.5 Å². The Hall–Kier alpha value is -1.19. The van der Waals surface area contributed by atoms with E-state index in [9.17, 15) is 8.78 Å². The van der Waals surface area contributed by atoms with Crippen molar-refractivity contribution in [3.05, 3.63) is 71.3 Å². The summed E-state index contributed by atoms with van der Waals surface area (Å²) in [5, 5.41) is 0. The third kappa shape index (κ3) is 3.04. The minimum absolute atomic E-state index is 0.282. The fraction of sp³-hybridized carbons (Fsp3) is 0.200. The average Bonchev–Trinajstić information content (AvgIpc) is 2.40. The van der Waals surface area contributed by atoms with Crippen LogP contribution in [-0.2, 0) is 4.87 Å². The van der Waals surface area contributed by atoms with Gasteiger partial charge in [-0.05, 0) is 41.4 Å². The van der Waals surface area contributed by atoms with Gasteiger partial charge >= 0.3 is 0 Å². The van der Waals surface area contributed by atoms with E-state index >= 15 is 0 Å². The maximum absolute atomic E-state index is 13.0. The summed E-state index contributed by atoms with van der Waals surface area (Å²) in [5.74, 6) is -0.564. The molecule has 100 valence electrons. The molecule has 0 aliphatic heterocycles. The fourth-order valence-corrected chi connectivity index (χ4v) is 4.31. The molecule has 0 N–H and O–H groups in total. The van der Waals surface area contributed by atoms with Crippen molar-refractivity contribution in [1.82, 2.24) is 0 Å². The molecule has 0 saturated carbocycles. The van der Waals surface area contributed by atoms with Crippen LogP contribution in [0.3, 0.4) is 0 Å². The second-order valence-electron chi connectivity index (χ2n) is 4.56. The third-order valence-electron chi connectivity index (χ3n) is 3.20. The van der Waals surface area contributed by atoms with E-state index in [1.165, 1.54) is 24.3 Å². The molecular weight excluding hydrogens is 282 g/mol. The molecule has 0 amide bonds. The number of alkyl halides is 1. The van der Waals surface area contributed by atoms with Crippen LogP contribution in [0.25, 0.3) is 0 Å². The monoisotopic (exact) mass is 296 g/mol. The Morgan fingerprint density at radius 3 is 1.58 bits per heavy atom. The van der Waals surface area contributed by atoms with Gasteiger partial charge in [0.1, 0.15) is 11.6 Å². The van der Waals surface area contributed by atoms with Gasteiger partial charge in [-0.2, -0.15) is 0 Å². The van der Waals surface area contributed by atoms with Crippen LogP contribution in [0.4, 0.5) is 8.78 Å². The van der Waals surface area contributed by atoms with E-state index in [-0.39, 0.29) is 21.2 Å². The van der Waals surface area contributed by atoms with Crippen LogP contribution in [0.15, 0.2) is 48.5 Å². The molecule has 0 saturated heterocycles. The van der Waals surface area contributed by atoms with Gasteiger partial charge in [-0.25, -0.2) is 8.78 Å². The summed E-state index contributed by atoms with van der Waals surface area (Å²) >= 11 is 6.78. The summed E-state index contributed by atoms with van der Waals surface area (Å²) in [6.07, 6.45) is 0. The summed E-state index contributed by atoms with van der Waals surface area (Å²) in [7, 11) is -0.317. The topological polar surface area (TPSA) is 0 Å². The third-order valence-corrected chi connectivity index (χ3v) is 5.39. The van der Waals surface area contributed by atoms with Crippen molar-refractivity contribution in [1.29, 1.82) is 0 Å². The van der Waals surface area contributed by atoms with Gasteiger partial charge in [0.05, 0.1) is 4.87 Å². The van der Waals surface area contributed by atoms with E-state index in [4.69, 9.17) is 11.6 Å². The van der Waals surface area contributed by atoms with Crippen LogP contribution in [0.1, 0.15) is 11.1 Å². The van der Waals surface area contributed by atoms with Crippen LogP contribution in [0.2, 0.25) is 12.6 Å². The molecule has 19 heavy (non-hydrogen) atoms. The molecule has 0 unspecified atom stereocenters. The minimum atomic E-state index is -0.678. The molecule has 0 radical (unpaired) electrons. The lowest BCUT2D eigenvalue weighted by Crippen LogP contribution is -2.21. The van der Waals surface area contributed by atoms with Crippen LogP contribution >= 0.6 is 11.6 Å². The van der Waals surface area contributed by atoms with E-state index in [2.05, 4.69) is 6.55 Å². The van der Waals surface area contributed by atoms with Gasteiger partial charge in [0.15, 0.2) is 0 Å². The molecule has 2 aromatic carbocycles. The maximum atomic E-state index is 13.0. The molecule has 4 heteroatoms. The Kier molecular flexibility index (Phi) is 4.37. The molecule has 0 nitrogen and oxygen atoms in total. The Morgan fingerprint density at radius 1 is 0.895 bits per heavy atom. The minimum Gasteiger partial charge on any atom is -0.207 e. The Balaban J connectivity index is 2.47. The van der Waals surface area contributed by atoms with Crippen LogP contribution in [0.5, 0.6) is 0 Å². The molecule has 0 aliphatic rings. The summed E-state index contributed by atoms with van der Waals surface area (Å²) < 4.78 is 26.1. The molecule has 0 aromatic heterocycles. The predicted molar refractivity (Wildman–Crippen MR) is 78.6 cm³/mol. The maximum Gasteiger partial charge on any atom is 0.123 e. The van der Waals surface area contributed by atoms with E-state index < -0.39 is 4.87 Å². The van der Waals surface area contributed by atoms with Crippen LogP contribution in [-0.4, -0.2) is 9.52 Å². The smallest absolute Gasteiger partial charge is 0.123 e. The van der Waals surface area contributed by atoms with E-state index in [0.29, 0.717) is 0 Å².